The van der Waals surface area contributed by atoms with Crippen molar-refractivity contribution in [2.75, 3.05) is 13.1 Å². The summed E-state index contributed by atoms with van der Waals surface area (Å²) in [5.74, 6) is -0.238. The van der Waals surface area contributed by atoms with Crippen LogP contribution in [0.1, 0.15) is 39.9 Å². The summed E-state index contributed by atoms with van der Waals surface area (Å²) in [6.07, 6.45) is -4.26. The largest absolute Gasteiger partial charge is 0.416 e. The third kappa shape index (κ3) is 5.57. The molecule has 0 bridgehead atoms. The first-order valence-electron chi connectivity index (χ1n) is 12.2. The van der Waals surface area contributed by atoms with E-state index in [4.69, 9.17) is 12.2 Å². The van der Waals surface area contributed by atoms with Crippen LogP contribution in [-0.2, 0) is 18.3 Å². The van der Waals surface area contributed by atoms with Crippen LogP contribution in [0.25, 0.3) is 10.9 Å². The summed E-state index contributed by atoms with van der Waals surface area (Å²) in [6.45, 7) is 0.619. The zero-order valence-corrected chi connectivity index (χ0v) is 22.9. The average Bonchev–Trinajstić information content (AvgIpc) is 2.91. The van der Waals surface area contributed by atoms with E-state index < -0.39 is 17.3 Å². The molecule has 11 heteroatoms. The van der Waals surface area contributed by atoms with Gasteiger partial charge in [-0.2, -0.15) is 13.2 Å². The smallest absolute Gasteiger partial charge is 0.385 e. The molecule has 1 saturated heterocycles. The van der Waals surface area contributed by atoms with Gasteiger partial charge in [-0.25, -0.2) is 0 Å². The number of carbonyl (C=O) groups excluding carboxylic acids is 1. The van der Waals surface area contributed by atoms with Crippen molar-refractivity contribution < 1.29 is 23.1 Å². The lowest BCUT2D eigenvalue weighted by molar-refractivity contribution is -0.137. The van der Waals surface area contributed by atoms with Crippen molar-refractivity contribution >= 4 is 45.0 Å². The molecule has 0 radical (unpaired) electrons. The van der Waals surface area contributed by atoms with E-state index in [1.165, 1.54) is 16.7 Å². The molecule has 202 valence electrons. The minimum absolute atomic E-state index is 0.122. The second kappa shape index (κ2) is 10.4. The maximum Gasteiger partial charge on any atom is 0.416 e. The molecule has 2 heterocycles. The number of nitrogens with one attached hydrogen (secondary N) is 1. The van der Waals surface area contributed by atoms with Gasteiger partial charge in [0.15, 0.2) is 4.77 Å². The summed E-state index contributed by atoms with van der Waals surface area (Å²) in [7, 11) is 0. The van der Waals surface area contributed by atoms with Gasteiger partial charge in [-0.15, -0.1) is 0 Å². The average molecular weight is 618 g/mol. The lowest BCUT2D eigenvalue weighted by Gasteiger charge is -2.38. The van der Waals surface area contributed by atoms with Crippen molar-refractivity contribution in [3.8, 4) is 0 Å². The molecule has 2 N–H and O–H groups in total. The van der Waals surface area contributed by atoms with Crippen LogP contribution in [-0.4, -0.2) is 38.6 Å². The van der Waals surface area contributed by atoms with Crippen LogP contribution in [0.2, 0.25) is 0 Å². The minimum Gasteiger partial charge on any atom is -0.385 e. The van der Waals surface area contributed by atoms with E-state index >= 15 is 0 Å². The second-order valence-corrected chi connectivity index (χ2v) is 10.9. The fraction of sp³-hybridized carbons (Fsp3) is 0.250. The summed E-state index contributed by atoms with van der Waals surface area (Å²) < 4.78 is 41.9. The zero-order valence-electron chi connectivity index (χ0n) is 20.5. The highest BCUT2D eigenvalue weighted by Gasteiger charge is 2.38. The number of aromatic amines is 1. The number of nitrogens with zero attached hydrogens (tertiary/aromatic N) is 2. The third-order valence-electron chi connectivity index (χ3n) is 7.09. The molecule has 0 atom stereocenters. The molecule has 1 aromatic heterocycles. The van der Waals surface area contributed by atoms with Crippen molar-refractivity contribution in [3.63, 3.8) is 0 Å². The molecular formula is C28H23BrF3N3O3S. The number of halogens is 4. The highest BCUT2D eigenvalue weighted by molar-refractivity contribution is 9.10. The first-order valence-corrected chi connectivity index (χ1v) is 13.4. The van der Waals surface area contributed by atoms with Crippen LogP contribution < -0.4 is 5.56 Å². The molecule has 0 spiro atoms. The molecule has 3 aromatic carbocycles. The number of carbonyl (C=O) groups is 1. The molecule has 1 aliphatic heterocycles. The molecule has 6 nitrogen and oxygen atoms in total. The SMILES string of the molecule is O=C(c1ccc(Cn2c(=S)[nH]c3ccc(Br)cc3c2=O)cc1)N1CCC(O)(c2cccc(C(F)(F)F)c2)CC1. The van der Waals surface area contributed by atoms with Crippen molar-refractivity contribution in [1.82, 2.24) is 14.5 Å². The van der Waals surface area contributed by atoms with Crippen molar-refractivity contribution in [2.45, 2.75) is 31.2 Å². The Balaban J connectivity index is 1.28. The van der Waals surface area contributed by atoms with E-state index in [0.717, 1.165) is 22.2 Å². The van der Waals surface area contributed by atoms with Gasteiger partial charge in [-0.1, -0.05) is 40.2 Å². The van der Waals surface area contributed by atoms with Crippen molar-refractivity contribution in [2.24, 2.45) is 0 Å². The number of aromatic nitrogens is 2. The Morgan fingerprint density at radius 2 is 1.74 bits per heavy atom. The van der Waals surface area contributed by atoms with Crippen LogP contribution in [0.4, 0.5) is 13.2 Å². The van der Waals surface area contributed by atoms with Gasteiger partial charge in [0.05, 0.1) is 28.6 Å². The summed E-state index contributed by atoms with van der Waals surface area (Å²) in [6, 6.07) is 16.9. The Bertz CT molecular complexity index is 1670. The molecule has 1 fully saturated rings. The van der Waals surface area contributed by atoms with E-state index in [0.29, 0.717) is 16.5 Å². The Hall–Kier alpha value is -3.28. The molecule has 0 unspecified atom stereocenters. The number of H-pyrrole nitrogens is 1. The maximum absolute atomic E-state index is 13.1. The number of amides is 1. The van der Waals surface area contributed by atoms with Crippen LogP contribution in [0.15, 0.2) is 76.0 Å². The normalized spacial score (nSPS) is 15.5. The van der Waals surface area contributed by atoms with E-state index in [9.17, 15) is 27.9 Å². The number of likely N-dealkylation sites (tertiary alicyclic amines) is 1. The van der Waals surface area contributed by atoms with E-state index in [2.05, 4.69) is 20.9 Å². The molecular weight excluding hydrogens is 595 g/mol. The predicted octanol–water partition coefficient (Wildman–Crippen LogP) is 6.01. The quantitative estimate of drug-likeness (QED) is 0.275. The first-order chi connectivity index (χ1) is 18.4. The van der Waals surface area contributed by atoms with Gasteiger partial charge in [0.25, 0.3) is 11.5 Å². The standard InChI is InChI=1S/C28H23BrF3N3O3S/c29-21-8-9-23-22(15-21)25(37)35(26(39)33-23)16-17-4-6-18(7-5-17)24(36)34-12-10-27(38,11-13-34)19-2-1-3-20(14-19)28(30,31)32/h1-9,14-15,38H,10-13,16H2,(H,33,39). The number of fused-ring (bicyclic) bond motifs is 1. The zero-order chi connectivity index (χ0) is 27.9. The number of aliphatic hydroxyl groups is 1. The fourth-order valence-corrected chi connectivity index (χ4v) is 5.46. The van der Waals surface area contributed by atoms with Crippen LogP contribution in [0, 0.1) is 4.77 Å². The highest BCUT2D eigenvalue weighted by atomic mass is 79.9. The second-order valence-electron chi connectivity index (χ2n) is 9.61. The Morgan fingerprint density at radius 1 is 1.05 bits per heavy atom. The fourth-order valence-electron chi connectivity index (χ4n) is 4.84. The molecule has 0 aliphatic carbocycles. The molecule has 0 saturated carbocycles. The number of hydrogen-bond acceptors (Lipinski definition) is 4. The summed E-state index contributed by atoms with van der Waals surface area (Å²) in [5.41, 5.74) is -0.425. The molecule has 1 amide bonds. The Kier molecular flexibility index (Phi) is 7.25. The van der Waals surface area contributed by atoms with Gasteiger partial charge in [0.1, 0.15) is 0 Å². The summed E-state index contributed by atoms with van der Waals surface area (Å²) in [5, 5.41) is 11.6. The maximum atomic E-state index is 13.1. The van der Waals surface area contributed by atoms with Gasteiger partial charge >= 0.3 is 6.18 Å². The Labute approximate surface area is 234 Å². The summed E-state index contributed by atoms with van der Waals surface area (Å²) in [4.78, 5) is 30.8. The van der Waals surface area contributed by atoms with Gasteiger partial charge in [0, 0.05) is 23.1 Å². The lowest BCUT2D eigenvalue weighted by Crippen LogP contribution is -2.45. The summed E-state index contributed by atoms with van der Waals surface area (Å²) >= 11 is 8.77. The lowest BCUT2D eigenvalue weighted by atomic mass is 9.83. The first kappa shape index (κ1) is 27.3. The van der Waals surface area contributed by atoms with Gasteiger partial charge in [-0.05, 0) is 78.7 Å². The number of rotatable bonds is 4. The van der Waals surface area contributed by atoms with Crippen LogP contribution >= 0.6 is 28.1 Å². The highest BCUT2D eigenvalue weighted by Crippen LogP contribution is 2.37. The van der Waals surface area contributed by atoms with Crippen molar-refractivity contribution in [3.05, 3.63) is 109 Å². The number of piperidine rings is 1. The molecule has 5 rings (SSSR count). The minimum atomic E-state index is -4.50. The molecule has 1 aliphatic rings. The third-order valence-corrected chi connectivity index (χ3v) is 7.91. The van der Waals surface area contributed by atoms with Crippen LogP contribution in [0.3, 0.4) is 0 Å². The molecule has 4 aromatic rings. The predicted molar refractivity (Wildman–Crippen MR) is 147 cm³/mol. The molecule has 39 heavy (non-hydrogen) atoms. The van der Waals surface area contributed by atoms with Gasteiger partial charge in [0.2, 0.25) is 0 Å². The van der Waals surface area contributed by atoms with Gasteiger partial charge in [-0.3, -0.25) is 14.2 Å². The van der Waals surface area contributed by atoms with Crippen LogP contribution in [0.5, 0.6) is 0 Å². The Morgan fingerprint density at radius 3 is 2.41 bits per heavy atom. The monoisotopic (exact) mass is 617 g/mol. The topological polar surface area (TPSA) is 78.3 Å². The van der Waals surface area contributed by atoms with E-state index in [-0.39, 0.29) is 54.3 Å². The number of hydrogen-bond donors (Lipinski definition) is 2. The van der Waals surface area contributed by atoms with Gasteiger partial charge < -0.3 is 15.0 Å². The van der Waals surface area contributed by atoms with E-state index in [1.807, 2.05) is 6.07 Å². The van der Waals surface area contributed by atoms with E-state index in [1.54, 1.807) is 41.3 Å². The number of alkyl halides is 3. The number of benzene rings is 3. The van der Waals surface area contributed by atoms with Crippen molar-refractivity contribution in [1.29, 1.82) is 0 Å².